The predicted octanol–water partition coefficient (Wildman–Crippen LogP) is 2.04. The number of ether oxygens (including phenoxy) is 1. The molecule has 0 aliphatic heterocycles. The zero-order valence-corrected chi connectivity index (χ0v) is 11.2. The summed E-state index contributed by atoms with van der Waals surface area (Å²) in [5.41, 5.74) is 7.51. The zero-order valence-electron chi connectivity index (χ0n) is 11.2. The molecule has 1 aromatic carbocycles. The number of amides is 1. The Balaban J connectivity index is 2.53. The fourth-order valence-electron chi connectivity index (χ4n) is 1.75. The first-order chi connectivity index (χ1) is 8.67. The summed E-state index contributed by atoms with van der Waals surface area (Å²) in [5.74, 6) is 0.119. The van der Waals surface area contributed by atoms with Crippen LogP contribution >= 0.6 is 0 Å². The highest BCUT2D eigenvalue weighted by molar-refractivity contribution is 5.76. The van der Waals surface area contributed by atoms with Crippen molar-refractivity contribution in [2.75, 3.05) is 25.5 Å². The second-order valence-corrected chi connectivity index (χ2v) is 4.10. The van der Waals surface area contributed by atoms with Crippen LogP contribution in [0.1, 0.15) is 25.8 Å². The average molecular weight is 250 g/mol. The molecule has 1 aromatic rings. The van der Waals surface area contributed by atoms with Gasteiger partial charge in [-0.15, -0.1) is 0 Å². The largest absolute Gasteiger partial charge is 0.399 e. The average Bonchev–Trinajstić information content (AvgIpc) is 2.36. The number of nitrogens with zero attached hydrogens (tertiary/aromatic N) is 1. The van der Waals surface area contributed by atoms with Gasteiger partial charge in [0, 0.05) is 25.4 Å². The van der Waals surface area contributed by atoms with Crippen LogP contribution < -0.4 is 5.73 Å². The number of nitrogen functional groups attached to an aromatic ring is 1. The van der Waals surface area contributed by atoms with Crippen LogP contribution in [-0.4, -0.2) is 30.6 Å². The predicted molar refractivity (Wildman–Crippen MR) is 73.1 cm³/mol. The molecule has 0 aliphatic rings. The Labute approximate surface area is 109 Å². The molecule has 0 heterocycles. The molecule has 2 N–H and O–H groups in total. The highest BCUT2D eigenvalue weighted by Gasteiger charge is 2.11. The summed E-state index contributed by atoms with van der Waals surface area (Å²) in [6.45, 7) is 6.34. The first-order valence-electron chi connectivity index (χ1n) is 6.37. The van der Waals surface area contributed by atoms with Crippen molar-refractivity contribution in [3.8, 4) is 0 Å². The Morgan fingerprint density at radius 1 is 1.39 bits per heavy atom. The smallest absolute Gasteiger partial charge is 0.225 e. The highest BCUT2D eigenvalue weighted by atomic mass is 16.5. The van der Waals surface area contributed by atoms with Crippen molar-refractivity contribution >= 4 is 11.6 Å². The summed E-state index contributed by atoms with van der Waals surface area (Å²) < 4.78 is 5.20. The van der Waals surface area contributed by atoms with Gasteiger partial charge in [0.15, 0.2) is 0 Å². The van der Waals surface area contributed by atoms with Gasteiger partial charge in [-0.1, -0.05) is 12.1 Å². The maximum atomic E-state index is 12.0. The number of nitrogens with two attached hydrogens (primary N) is 1. The molecule has 1 amide bonds. The third-order valence-electron chi connectivity index (χ3n) is 2.72. The lowest BCUT2D eigenvalue weighted by atomic mass is 10.2. The summed E-state index contributed by atoms with van der Waals surface area (Å²) in [5, 5.41) is 0. The molecule has 4 nitrogen and oxygen atoms in total. The van der Waals surface area contributed by atoms with Gasteiger partial charge < -0.3 is 15.4 Å². The Morgan fingerprint density at radius 2 is 2.17 bits per heavy atom. The van der Waals surface area contributed by atoms with Crippen molar-refractivity contribution < 1.29 is 9.53 Å². The zero-order chi connectivity index (χ0) is 13.4. The maximum Gasteiger partial charge on any atom is 0.225 e. The van der Waals surface area contributed by atoms with Crippen LogP contribution in [0, 0.1) is 0 Å². The normalized spacial score (nSPS) is 10.3. The molecule has 0 fully saturated rings. The SMILES string of the molecule is CCOCCC(=O)N(CC)Cc1cccc(N)c1. The summed E-state index contributed by atoms with van der Waals surface area (Å²) >= 11 is 0. The van der Waals surface area contributed by atoms with Crippen molar-refractivity contribution in [1.82, 2.24) is 4.90 Å². The van der Waals surface area contributed by atoms with Crippen molar-refractivity contribution in [2.45, 2.75) is 26.8 Å². The Kier molecular flexibility index (Phi) is 6.22. The van der Waals surface area contributed by atoms with Gasteiger partial charge in [0.2, 0.25) is 5.91 Å². The van der Waals surface area contributed by atoms with E-state index in [1.807, 2.05) is 43.0 Å². The highest BCUT2D eigenvalue weighted by Crippen LogP contribution is 2.10. The lowest BCUT2D eigenvalue weighted by Crippen LogP contribution is -2.31. The molecule has 0 saturated carbocycles. The van der Waals surface area contributed by atoms with Crippen LogP contribution in [-0.2, 0) is 16.1 Å². The van der Waals surface area contributed by atoms with Crippen LogP contribution in [0.4, 0.5) is 5.69 Å². The molecule has 0 spiro atoms. The van der Waals surface area contributed by atoms with Crippen LogP contribution in [0.5, 0.6) is 0 Å². The molecule has 4 heteroatoms. The first kappa shape index (κ1) is 14.5. The quantitative estimate of drug-likeness (QED) is 0.595. The number of benzene rings is 1. The summed E-state index contributed by atoms with van der Waals surface area (Å²) in [6.07, 6.45) is 0.435. The minimum atomic E-state index is 0.119. The van der Waals surface area contributed by atoms with Crippen molar-refractivity contribution in [2.24, 2.45) is 0 Å². The number of hydrogen-bond acceptors (Lipinski definition) is 3. The van der Waals surface area contributed by atoms with E-state index in [0.29, 0.717) is 32.7 Å². The Bertz CT molecular complexity index is 380. The molecule has 0 radical (unpaired) electrons. The molecule has 0 saturated heterocycles. The van der Waals surface area contributed by atoms with Crippen molar-refractivity contribution in [1.29, 1.82) is 0 Å². The molecule has 0 bridgehead atoms. The number of hydrogen-bond donors (Lipinski definition) is 1. The number of anilines is 1. The van der Waals surface area contributed by atoms with E-state index in [-0.39, 0.29) is 5.91 Å². The second-order valence-electron chi connectivity index (χ2n) is 4.10. The fraction of sp³-hybridized carbons (Fsp3) is 0.500. The molecule has 100 valence electrons. The van der Waals surface area contributed by atoms with E-state index < -0.39 is 0 Å². The Morgan fingerprint density at radius 3 is 2.78 bits per heavy atom. The van der Waals surface area contributed by atoms with Gasteiger partial charge in [-0.25, -0.2) is 0 Å². The minimum absolute atomic E-state index is 0.119. The monoisotopic (exact) mass is 250 g/mol. The van der Waals surface area contributed by atoms with Gasteiger partial charge in [-0.3, -0.25) is 4.79 Å². The van der Waals surface area contributed by atoms with Gasteiger partial charge >= 0.3 is 0 Å². The topological polar surface area (TPSA) is 55.6 Å². The van der Waals surface area contributed by atoms with Crippen LogP contribution in [0.2, 0.25) is 0 Å². The van der Waals surface area contributed by atoms with Crippen LogP contribution in [0.25, 0.3) is 0 Å². The second kappa shape index (κ2) is 7.71. The minimum Gasteiger partial charge on any atom is -0.399 e. The van der Waals surface area contributed by atoms with Crippen LogP contribution in [0.15, 0.2) is 24.3 Å². The lowest BCUT2D eigenvalue weighted by Gasteiger charge is -2.21. The van der Waals surface area contributed by atoms with E-state index in [2.05, 4.69) is 0 Å². The van der Waals surface area contributed by atoms with E-state index >= 15 is 0 Å². The fourth-order valence-corrected chi connectivity index (χ4v) is 1.75. The van der Waals surface area contributed by atoms with E-state index in [0.717, 1.165) is 11.3 Å². The molecule has 0 unspecified atom stereocenters. The summed E-state index contributed by atoms with van der Waals surface area (Å²) in [6, 6.07) is 7.63. The van der Waals surface area contributed by atoms with Gasteiger partial charge in [-0.05, 0) is 31.5 Å². The van der Waals surface area contributed by atoms with E-state index in [9.17, 15) is 4.79 Å². The summed E-state index contributed by atoms with van der Waals surface area (Å²) in [4.78, 5) is 13.8. The summed E-state index contributed by atoms with van der Waals surface area (Å²) in [7, 11) is 0. The number of carbonyl (C=O) groups is 1. The van der Waals surface area contributed by atoms with Gasteiger partial charge in [0.1, 0.15) is 0 Å². The number of rotatable bonds is 7. The first-order valence-corrected chi connectivity index (χ1v) is 6.37. The van der Waals surface area contributed by atoms with E-state index in [1.54, 1.807) is 0 Å². The molecular formula is C14H22N2O2. The maximum absolute atomic E-state index is 12.0. The number of carbonyl (C=O) groups excluding carboxylic acids is 1. The Hall–Kier alpha value is -1.55. The standard InChI is InChI=1S/C14H22N2O2/c1-3-16(14(17)8-9-18-4-2)11-12-6-5-7-13(15)10-12/h5-7,10H,3-4,8-9,11,15H2,1-2H3. The van der Waals surface area contributed by atoms with Crippen molar-refractivity contribution in [3.63, 3.8) is 0 Å². The lowest BCUT2D eigenvalue weighted by molar-refractivity contribution is -0.132. The van der Waals surface area contributed by atoms with E-state index in [1.165, 1.54) is 0 Å². The third-order valence-corrected chi connectivity index (χ3v) is 2.72. The van der Waals surface area contributed by atoms with Gasteiger partial charge in [-0.2, -0.15) is 0 Å². The molecular weight excluding hydrogens is 228 g/mol. The molecule has 18 heavy (non-hydrogen) atoms. The van der Waals surface area contributed by atoms with E-state index in [4.69, 9.17) is 10.5 Å². The molecule has 0 atom stereocenters. The van der Waals surface area contributed by atoms with Crippen molar-refractivity contribution in [3.05, 3.63) is 29.8 Å². The molecule has 0 aromatic heterocycles. The van der Waals surface area contributed by atoms with Crippen LogP contribution in [0.3, 0.4) is 0 Å². The van der Waals surface area contributed by atoms with Gasteiger partial charge in [0.25, 0.3) is 0 Å². The molecule has 1 rings (SSSR count). The third kappa shape index (κ3) is 4.75. The molecule has 0 aliphatic carbocycles. The van der Waals surface area contributed by atoms with Gasteiger partial charge in [0.05, 0.1) is 13.0 Å².